The summed E-state index contributed by atoms with van der Waals surface area (Å²) in [6.07, 6.45) is -0.833. The summed E-state index contributed by atoms with van der Waals surface area (Å²) in [5, 5.41) is 11.0. The van der Waals surface area contributed by atoms with Gasteiger partial charge in [-0.25, -0.2) is 0 Å². The third-order valence-corrected chi connectivity index (χ3v) is 4.20. The summed E-state index contributed by atoms with van der Waals surface area (Å²) >= 11 is 9.67. The molecule has 0 amide bonds. The number of rotatable bonds is 4. The lowest BCUT2D eigenvalue weighted by atomic mass is 9.97. The fourth-order valence-electron chi connectivity index (χ4n) is 2.21. The summed E-state index contributed by atoms with van der Waals surface area (Å²) in [6, 6.07) is 9.24. The van der Waals surface area contributed by atoms with E-state index in [1.54, 1.807) is 12.1 Å². The van der Waals surface area contributed by atoms with Crippen LogP contribution < -0.4 is 9.47 Å². The molecule has 0 spiro atoms. The topological polar surface area (TPSA) is 38.7 Å². The first kappa shape index (κ1) is 16.1. The van der Waals surface area contributed by atoms with Gasteiger partial charge in [-0.1, -0.05) is 33.6 Å². The molecule has 1 unspecified atom stereocenters. The molecule has 0 fully saturated rings. The largest absolute Gasteiger partial charge is 0.495 e. The van der Waals surface area contributed by atoms with Crippen LogP contribution in [0.1, 0.15) is 22.8 Å². The Kier molecular flexibility index (Phi) is 5.14. The van der Waals surface area contributed by atoms with Crippen molar-refractivity contribution in [1.82, 2.24) is 0 Å². The third kappa shape index (κ3) is 3.18. The molecule has 2 aromatic rings. The Hall–Kier alpha value is -1.23. The van der Waals surface area contributed by atoms with Crippen LogP contribution in [-0.2, 0) is 0 Å². The van der Waals surface area contributed by atoms with Gasteiger partial charge in [-0.15, -0.1) is 0 Å². The van der Waals surface area contributed by atoms with Crippen LogP contribution in [0.25, 0.3) is 0 Å². The lowest BCUT2D eigenvalue weighted by molar-refractivity contribution is 0.213. The van der Waals surface area contributed by atoms with Crippen molar-refractivity contribution in [2.45, 2.75) is 13.0 Å². The molecule has 21 heavy (non-hydrogen) atoms. The van der Waals surface area contributed by atoms with Crippen LogP contribution in [0.5, 0.6) is 11.5 Å². The summed E-state index contributed by atoms with van der Waals surface area (Å²) in [6.45, 7) is 1.95. The second-order valence-electron chi connectivity index (χ2n) is 4.61. The Morgan fingerprint density at radius 2 is 1.81 bits per heavy atom. The monoisotopic (exact) mass is 370 g/mol. The highest BCUT2D eigenvalue weighted by atomic mass is 79.9. The maximum absolute atomic E-state index is 10.7. The SMILES string of the molecule is COc1ccc(C(O)c2cc(Br)ccc2C)c(OC)c1Cl. The second-order valence-corrected chi connectivity index (χ2v) is 5.90. The number of ether oxygens (including phenoxy) is 2. The van der Waals surface area contributed by atoms with Gasteiger partial charge in [-0.2, -0.15) is 0 Å². The van der Waals surface area contributed by atoms with Crippen LogP contribution in [0.2, 0.25) is 5.02 Å². The zero-order valence-electron chi connectivity index (χ0n) is 12.0. The Labute approximate surface area is 137 Å². The smallest absolute Gasteiger partial charge is 0.147 e. The zero-order valence-corrected chi connectivity index (χ0v) is 14.3. The van der Waals surface area contributed by atoms with E-state index in [1.807, 2.05) is 25.1 Å². The van der Waals surface area contributed by atoms with Gasteiger partial charge >= 0.3 is 0 Å². The predicted molar refractivity (Wildman–Crippen MR) is 87.5 cm³/mol. The van der Waals surface area contributed by atoms with Gasteiger partial charge in [0.1, 0.15) is 22.6 Å². The minimum absolute atomic E-state index is 0.351. The molecule has 1 N–H and O–H groups in total. The maximum atomic E-state index is 10.7. The molecule has 112 valence electrons. The van der Waals surface area contributed by atoms with Gasteiger partial charge in [0.2, 0.25) is 0 Å². The Bertz CT molecular complexity index is 658. The standard InChI is InChI=1S/C16H16BrClO3/c1-9-4-5-10(17)8-12(9)15(19)11-6-7-13(20-2)14(18)16(11)21-3/h4-8,15,19H,1-3H3. The second kappa shape index (κ2) is 6.69. The number of halogens is 2. The average Bonchev–Trinajstić information content (AvgIpc) is 2.48. The Morgan fingerprint density at radius 1 is 1.10 bits per heavy atom. The van der Waals surface area contributed by atoms with Crippen LogP contribution in [-0.4, -0.2) is 19.3 Å². The van der Waals surface area contributed by atoms with Gasteiger partial charge in [-0.3, -0.25) is 0 Å². The van der Waals surface area contributed by atoms with Crippen molar-refractivity contribution in [1.29, 1.82) is 0 Å². The highest BCUT2D eigenvalue weighted by molar-refractivity contribution is 9.10. The molecule has 2 rings (SSSR count). The van der Waals surface area contributed by atoms with Crippen LogP contribution in [0.15, 0.2) is 34.8 Å². The molecule has 0 saturated heterocycles. The van der Waals surface area contributed by atoms with E-state index in [0.717, 1.165) is 15.6 Å². The van der Waals surface area contributed by atoms with Gasteiger partial charge in [-0.05, 0) is 42.3 Å². The molecule has 0 bridgehead atoms. The van der Waals surface area contributed by atoms with E-state index in [2.05, 4.69) is 15.9 Å². The first-order valence-electron chi connectivity index (χ1n) is 6.34. The van der Waals surface area contributed by atoms with Crippen molar-refractivity contribution in [3.8, 4) is 11.5 Å². The van der Waals surface area contributed by atoms with Gasteiger partial charge in [0.05, 0.1) is 14.2 Å². The molecule has 0 heterocycles. The van der Waals surface area contributed by atoms with E-state index in [0.29, 0.717) is 22.1 Å². The predicted octanol–water partition coefficient (Wildman–Crippen LogP) is 4.51. The zero-order chi connectivity index (χ0) is 15.6. The molecule has 0 aliphatic heterocycles. The first-order valence-corrected chi connectivity index (χ1v) is 7.51. The molecule has 0 aromatic heterocycles. The minimum Gasteiger partial charge on any atom is -0.495 e. The fourth-order valence-corrected chi connectivity index (χ4v) is 2.91. The van der Waals surface area contributed by atoms with Crippen LogP contribution in [0.4, 0.5) is 0 Å². The number of aliphatic hydroxyl groups excluding tert-OH is 1. The molecule has 3 nitrogen and oxygen atoms in total. The minimum atomic E-state index is -0.833. The lowest BCUT2D eigenvalue weighted by Crippen LogP contribution is -2.05. The molecule has 0 radical (unpaired) electrons. The number of hydrogen-bond donors (Lipinski definition) is 1. The summed E-state index contributed by atoms with van der Waals surface area (Å²) in [5.41, 5.74) is 2.38. The van der Waals surface area contributed by atoms with Gasteiger partial charge in [0, 0.05) is 10.0 Å². The van der Waals surface area contributed by atoms with Gasteiger partial charge in [0.25, 0.3) is 0 Å². The van der Waals surface area contributed by atoms with Crippen molar-refractivity contribution in [2.24, 2.45) is 0 Å². The number of benzene rings is 2. The van der Waals surface area contributed by atoms with Gasteiger partial charge < -0.3 is 14.6 Å². The summed E-state index contributed by atoms with van der Waals surface area (Å²) < 4.78 is 11.4. The molecule has 1 atom stereocenters. The Balaban J connectivity index is 2.55. The number of hydrogen-bond acceptors (Lipinski definition) is 3. The van der Waals surface area contributed by atoms with Crippen molar-refractivity contribution >= 4 is 27.5 Å². The van der Waals surface area contributed by atoms with Gasteiger partial charge in [0.15, 0.2) is 0 Å². The fraction of sp³-hybridized carbons (Fsp3) is 0.250. The molecule has 5 heteroatoms. The molecule has 0 aliphatic carbocycles. The summed E-state index contributed by atoms with van der Waals surface area (Å²) in [5.74, 6) is 0.929. The van der Waals surface area contributed by atoms with E-state index in [4.69, 9.17) is 21.1 Å². The third-order valence-electron chi connectivity index (χ3n) is 3.35. The number of aryl methyl sites for hydroxylation is 1. The van der Waals surface area contributed by atoms with E-state index in [-0.39, 0.29) is 0 Å². The van der Waals surface area contributed by atoms with E-state index >= 15 is 0 Å². The van der Waals surface area contributed by atoms with Crippen LogP contribution in [0.3, 0.4) is 0 Å². The van der Waals surface area contributed by atoms with Crippen molar-refractivity contribution in [2.75, 3.05) is 14.2 Å². The quantitative estimate of drug-likeness (QED) is 0.859. The summed E-state index contributed by atoms with van der Waals surface area (Å²) in [4.78, 5) is 0. The van der Waals surface area contributed by atoms with E-state index in [9.17, 15) is 5.11 Å². The summed E-state index contributed by atoms with van der Waals surface area (Å²) in [7, 11) is 3.06. The van der Waals surface area contributed by atoms with Crippen LogP contribution >= 0.6 is 27.5 Å². The number of methoxy groups -OCH3 is 2. The van der Waals surface area contributed by atoms with Crippen molar-refractivity contribution in [3.63, 3.8) is 0 Å². The first-order chi connectivity index (χ1) is 9.99. The maximum Gasteiger partial charge on any atom is 0.147 e. The van der Waals surface area contributed by atoms with Crippen molar-refractivity contribution < 1.29 is 14.6 Å². The molecule has 0 aliphatic rings. The normalized spacial score (nSPS) is 12.1. The average molecular weight is 372 g/mol. The van der Waals surface area contributed by atoms with E-state index in [1.165, 1.54) is 14.2 Å². The van der Waals surface area contributed by atoms with Crippen molar-refractivity contribution in [3.05, 3.63) is 56.5 Å². The number of aliphatic hydroxyl groups is 1. The highest BCUT2D eigenvalue weighted by Gasteiger charge is 2.21. The molecular weight excluding hydrogens is 356 g/mol. The Morgan fingerprint density at radius 3 is 2.43 bits per heavy atom. The molecule has 0 saturated carbocycles. The molecule has 2 aromatic carbocycles. The molecular formula is C16H16BrClO3. The van der Waals surface area contributed by atoms with Crippen LogP contribution in [0, 0.1) is 6.92 Å². The van der Waals surface area contributed by atoms with E-state index < -0.39 is 6.10 Å². The highest BCUT2D eigenvalue weighted by Crippen LogP contribution is 2.41. The lowest BCUT2D eigenvalue weighted by Gasteiger charge is -2.19.